The normalized spacial score (nSPS) is 62.4. The van der Waals surface area contributed by atoms with Crippen LogP contribution in [0.25, 0.3) is 0 Å². The van der Waals surface area contributed by atoms with E-state index in [-0.39, 0.29) is 16.2 Å². The molecule has 5 rings (SSSR count). The summed E-state index contributed by atoms with van der Waals surface area (Å²) >= 11 is 0. The van der Waals surface area contributed by atoms with Crippen LogP contribution in [0.4, 0.5) is 0 Å². The highest BCUT2D eigenvalue weighted by atomic mass is 16.6. The van der Waals surface area contributed by atoms with Crippen molar-refractivity contribution in [2.45, 2.75) is 63.1 Å². The molecule has 0 aromatic heterocycles. The maximum Gasteiger partial charge on any atom is 0.174 e. The predicted molar refractivity (Wildman–Crippen MR) is 63.9 cm³/mol. The lowest BCUT2D eigenvalue weighted by Crippen LogP contribution is -2.54. The number of carbonyl (C=O) groups excluding carboxylic acids is 1. The first-order chi connectivity index (χ1) is 8.48. The highest BCUT2D eigenvalue weighted by molar-refractivity contribution is 6.02. The summed E-state index contributed by atoms with van der Waals surface area (Å²) in [4.78, 5) is 12.9. The molecule has 0 unspecified atom stereocenters. The SMILES string of the molecule is C[C@@]1(O)CC[C@@]23CCC[C@]21[C@]1(CO1)C(=O)C31CC1. The highest BCUT2D eigenvalue weighted by Crippen LogP contribution is 2.89. The first kappa shape index (κ1) is 10.4. The van der Waals surface area contributed by atoms with Gasteiger partial charge in [0.05, 0.1) is 12.2 Å². The minimum absolute atomic E-state index is 0.0804. The molecule has 0 aromatic carbocycles. The van der Waals surface area contributed by atoms with E-state index in [0.717, 1.165) is 44.9 Å². The zero-order valence-electron chi connectivity index (χ0n) is 10.9. The van der Waals surface area contributed by atoms with E-state index >= 15 is 0 Å². The van der Waals surface area contributed by atoms with Crippen molar-refractivity contribution in [3.05, 3.63) is 0 Å². The van der Waals surface area contributed by atoms with Crippen LogP contribution >= 0.6 is 0 Å². The van der Waals surface area contributed by atoms with E-state index in [1.54, 1.807) is 0 Å². The van der Waals surface area contributed by atoms with Gasteiger partial charge in [0.25, 0.3) is 0 Å². The summed E-state index contributed by atoms with van der Waals surface area (Å²) in [6.07, 6.45) is 7.29. The molecule has 98 valence electrons. The maximum absolute atomic E-state index is 12.9. The number of carbonyl (C=O) groups is 1. The lowest BCUT2D eigenvalue weighted by atomic mass is 9.59. The van der Waals surface area contributed by atoms with Gasteiger partial charge in [0, 0.05) is 10.8 Å². The summed E-state index contributed by atoms with van der Waals surface area (Å²) in [7, 11) is 0. The Labute approximate surface area is 107 Å². The Bertz CT molecular complexity index is 486. The molecule has 0 bridgehead atoms. The van der Waals surface area contributed by atoms with Crippen molar-refractivity contribution < 1.29 is 14.6 Å². The van der Waals surface area contributed by atoms with Gasteiger partial charge in [0.2, 0.25) is 0 Å². The fourth-order valence-corrected chi connectivity index (χ4v) is 6.89. The third kappa shape index (κ3) is 0.630. The van der Waals surface area contributed by atoms with E-state index in [2.05, 4.69) is 0 Å². The Kier molecular flexibility index (Phi) is 1.35. The molecule has 4 aliphatic carbocycles. The summed E-state index contributed by atoms with van der Waals surface area (Å²) in [6, 6.07) is 0. The van der Waals surface area contributed by atoms with E-state index < -0.39 is 11.2 Å². The minimum Gasteiger partial charge on any atom is -0.389 e. The standard InChI is InChI=1S/C15H20O3/c1-11(17)5-8-13-3-2-4-15(11,13)14(9-18-14)10(16)12(13)6-7-12/h17H,2-9H2,1H3/t11-,13-,14+,15-/m1/s1. The molecule has 5 fully saturated rings. The van der Waals surface area contributed by atoms with Crippen LogP contribution in [0.2, 0.25) is 0 Å². The molecule has 4 saturated carbocycles. The number of hydrogen-bond donors (Lipinski definition) is 1. The van der Waals surface area contributed by atoms with Crippen molar-refractivity contribution in [2.24, 2.45) is 16.2 Å². The van der Waals surface area contributed by atoms with Crippen molar-refractivity contribution in [3.8, 4) is 0 Å². The van der Waals surface area contributed by atoms with Gasteiger partial charge in [0.1, 0.15) is 0 Å². The predicted octanol–water partition coefficient (Wildman–Crippen LogP) is 1.82. The number of hydrogen-bond acceptors (Lipinski definition) is 3. The van der Waals surface area contributed by atoms with Crippen LogP contribution in [0, 0.1) is 16.2 Å². The Balaban J connectivity index is 1.87. The molecule has 1 N–H and O–H groups in total. The van der Waals surface area contributed by atoms with Gasteiger partial charge >= 0.3 is 0 Å². The molecule has 0 radical (unpaired) electrons. The lowest BCUT2D eigenvalue weighted by molar-refractivity contribution is -0.135. The molecule has 2 spiro atoms. The van der Waals surface area contributed by atoms with Crippen LogP contribution in [0.3, 0.4) is 0 Å². The van der Waals surface area contributed by atoms with Crippen molar-refractivity contribution in [1.82, 2.24) is 0 Å². The number of ketones is 1. The van der Waals surface area contributed by atoms with Crippen LogP contribution in [-0.2, 0) is 9.53 Å². The van der Waals surface area contributed by atoms with Crippen LogP contribution in [0.1, 0.15) is 51.9 Å². The quantitative estimate of drug-likeness (QED) is 0.665. The molecular formula is C15H20O3. The van der Waals surface area contributed by atoms with Gasteiger partial charge in [0.15, 0.2) is 11.4 Å². The second-order valence-electron chi connectivity index (χ2n) is 7.64. The lowest BCUT2D eigenvalue weighted by Gasteiger charge is -2.45. The molecule has 1 heterocycles. The minimum atomic E-state index is -0.707. The smallest absolute Gasteiger partial charge is 0.174 e. The Morgan fingerprint density at radius 1 is 1.11 bits per heavy atom. The van der Waals surface area contributed by atoms with Gasteiger partial charge in [-0.2, -0.15) is 0 Å². The summed E-state index contributed by atoms with van der Waals surface area (Å²) in [5, 5.41) is 11.0. The van der Waals surface area contributed by atoms with Crippen molar-refractivity contribution in [2.75, 3.05) is 6.61 Å². The fraction of sp³-hybridized carbons (Fsp3) is 0.933. The monoisotopic (exact) mass is 248 g/mol. The van der Waals surface area contributed by atoms with E-state index in [1.807, 2.05) is 6.92 Å². The number of epoxide rings is 1. The molecule has 3 nitrogen and oxygen atoms in total. The van der Waals surface area contributed by atoms with Crippen LogP contribution < -0.4 is 0 Å². The first-order valence-electron chi connectivity index (χ1n) is 7.40. The van der Waals surface area contributed by atoms with Crippen molar-refractivity contribution >= 4 is 5.78 Å². The van der Waals surface area contributed by atoms with Gasteiger partial charge < -0.3 is 9.84 Å². The summed E-state index contributed by atoms with van der Waals surface area (Å²) < 4.78 is 5.78. The number of Topliss-reactive ketones (excluding diaryl/α,β-unsaturated/α-hetero) is 1. The average molecular weight is 248 g/mol. The molecule has 0 aromatic rings. The largest absolute Gasteiger partial charge is 0.389 e. The molecule has 0 amide bonds. The Morgan fingerprint density at radius 3 is 2.44 bits per heavy atom. The second-order valence-corrected chi connectivity index (χ2v) is 7.64. The molecule has 18 heavy (non-hydrogen) atoms. The molecular weight excluding hydrogens is 228 g/mol. The second kappa shape index (κ2) is 2.33. The van der Waals surface area contributed by atoms with Crippen molar-refractivity contribution in [1.29, 1.82) is 0 Å². The third-order valence-corrected chi connectivity index (χ3v) is 7.52. The average Bonchev–Trinajstić information content (AvgIpc) is 3.22. The maximum atomic E-state index is 12.9. The van der Waals surface area contributed by atoms with E-state index in [4.69, 9.17) is 4.74 Å². The van der Waals surface area contributed by atoms with Crippen LogP contribution in [0.5, 0.6) is 0 Å². The van der Waals surface area contributed by atoms with Gasteiger partial charge in [-0.25, -0.2) is 0 Å². The summed E-state index contributed by atoms with van der Waals surface area (Å²) in [5.74, 6) is 0.370. The summed E-state index contributed by atoms with van der Waals surface area (Å²) in [5.41, 5.74) is -1.56. The fourth-order valence-electron chi connectivity index (χ4n) is 6.89. The van der Waals surface area contributed by atoms with Crippen LogP contribution in [-0.4, -0.2) is 28.7 Å². The third-order valence-electron chi connectivity index (χ3n) is 7.52. The molecule has 1 saturated heterocycles. The zero-order valence-corrected chi connectivity index (χ0v) is 10.9. The summed E-state index contributed by atoms with van der Waals surface area (Å²) in [6.45, 7) is 2.55. The Morgan fingerprint density at radius 2 is 1.83 bits per heavy atom. The zero-order chi connectivity index (χ0) is 12.4. The van der Waals surface area contributed by atoms with Gasteiger partial charge in [-0.3, -0.25) is 4.79 Å². The number of aliphatic hydroxyl groups is 1. The first-order valence-corrected chi connectivity index (χ1v) is 7.40. The van der Waals surface area contributed by atoms with Gasteiger partial charge in [-0.1, -0.05) is 6.42 Å². The van der Waals surface area contributed by atoms with E-state index in [1.165, 1.54) is 0 Å². The molecule has 5 aliphatic rings. The molecule has 1 aliphatic heterocycles. The van der Waals surface area contributed by atoms with Gasteiger partial charge in [-0.05, 0) is 50.9 Å². The number of rotatable bonds is 0. The van der Waals surface area contributed by atoms with E-state index in [9.17, 15) is 9.90 Å². The van der Waals surface area contributed by atoms with Crippen LogP contribution in [0.15, 0.2) is 0 Å². The van der Waals surface area contributed by atoms with Gasteiger partial charge in [-0.15, -0.1) is 0 Å². The highest BCUT2D eigenvalue weighted by Gasteiger charge is 2.94. The van der Waals surface area contributed by atoms with Crippen molar-refractivity contribution in [3.63, 3.8) is 0 Å². The topological polar surface area (TPSA) is 49.8 Å². The Hall–Kier alpha value is -0.410. The molecule has 4 atom stereocenters. The van der Waals surface area contributed by atoms with E-state index in [0.29, 0.717) is 12.4 Å². The number of ether oxygens (including phenoxy) is 1. The molecule has 3 heteroatoms.